The molecule has 0 amide bonds. The minimum Gasteiger partial charge on any atom is -0.497 e. The van der Waals surface area contributed by atoms with Gasteiger partial charge in [-0.2, -0.15) is 5.26 Å². The Morgan fingerprint density at radius 1 is 0.952 bits per heavy atom. The summed E-state index contributed by atoms with van der Waals surface area (Å²) in [6.07, 6.45) is 0.387. The van der Waals surface area contributed by atoms with Gasteiger partial charge in [-0.25, -0.2) is 0 Å². The average molecular weight is 282 g/mol. The number of nitrogens with zero attached hydrogens (tertiary/aromatic N) is 1. The highest BCUT2D eigenvalue weighted by atomic mass is 16.5. The Morgan fingerprint density at radius 2 is 1.48 bits per heavy atom. The van der Waals surface area contributed by atoms with Gasteiger partial charge in [-0.05, 0) is 42.0 Å². The van der Waals surface area contributed by atoms with Crippen LogP contribution in [0.3, 0.4) is 0 Å². The molecule has 1 atom stereocenters. The van der Waals surface area contributed by atoms with Crippen LogP contribution in [0.25, 0.3) is 0 Å². The van der Waals surface area contributed by atoms with Crippen molar-refractivity contribution >= 4 is 5.69 Å². The van der Waals surface area contributed by atoms with Gasteiger partial charge < -0.3 is 14.8 Å². The van der Waals surface area contributed by atoms with E-state index in [1.54, 1.807) is 14.2 Å². The van der Waals surface area contributed by atoms with Crippen LogP contribution >= 0.6 is 0 Å². The maximum atomic E-state index is 9.02. The number of methoxy groups -OCH3 is 2. The van der Waals surface area contributed by atoms with Crippen LogP contribution < -0.4 is 14.8 Å². The molecule has 21 heavy (non-hydrogen) atoms. The van der Waals surface area contributed by atoms with Crippen LogP contribution in [0.5, 0.6) is 11.5 Å². The number of hydrogen-bond donors (Lipinski definition) is 1. The second kappa shape index (κ2) is 7.20. The first-order chi connectivity index (χ1) is 10.3. The number of benzene rings is 2. The molecule has 1 N–H and O–H groups in total. The van der Waals surface area contributed by atoms with E-state index in [2.05, 4.69) is 11.4 Å². The molecular formula is C17H18N2O2. The molecule has 0 aliphatic heterocycles. The highest BCUT2D eigenvalue weighted by Crippen LogP contribution is 2.25. The molecule has 0 saturated carbocycles. The summed E-state index contributed by atoms with van der Waals surface area (Å²) in [5, 5.41) is 12.4. The van der Waals surface area contributed by atoms with Gasteiger partial charge in [0.1, 0.15) is 11.5 Å². The fraction of sp³-hybridized carbons (Fsp3) is 0.235. The number of rotatable bonds is 6. The Labute approximate surface area is 124 Å². The summed E-state index contributed by atoms with van der Waals surface area (Å²) in [7, 11) is 3.27. The first kappa shape index (κ1) is 14.7. The van der Waals surface area contributed by atoms with Crippen molar-refractivity contribution in [3.8, 4) is 17.6 Å². The van der Waals surface area contributed by atoms with Crippen molar-refractivity contribution in [2.75, 3.05) is 19.5 Å². The van der Waals surface area contributed by atoms with Crippen LogP contribution in [0.2, 0.25) is 0 Å². The molecule has 4 nitrogen and oxygen atoms in total. The maximum absolute atomic E-state index is 9.02. The molecule has 0 unspecified atom stereocenters. The number of nitrogens with one attached hydrogen (secondary N) is 1. The zero-order chi connectivity index (χ0) is 15.1. The van der Waals surface area contributed by atoms with Crippen LogP contribution in [0.4, 0.5) is 5.69 Å². The van der Waals surface area contributed by atoms with Crippen LogP contribution in [0, 0.1) is 11.3 Å². The third kappa shape index (κ3) is 3.90. The lowest BCUT2D eigenvalue weighted by atomic mass is 10.0. The van der Waals surface area contributed by atoms with E-state index in [1.807, 2.05) is 48.5 Å². The molecule has 4 heteroatoms. The lowest BCUT2D eigenvalue weighted by molar-refractivity contribution is 0.414. The van der Waals surface area contributed by atoms with Crippen LogP contribution in [-0.2, 0) is 0 Å². The third-order valence-corrected chi connectivity index (χ3v) is 3.24. The Balaban J connectivity index is 2.15. The Morgan fingerprint density at radius 3 is 1.95 bits per heavy atom. The zero-order valence-corrected chi connectivity index (χ0v) is 12.2. The normalized spacial score (nSPS) is 11.3. The number of hydrogen-bond acceptors (Lipinski definition) is 4. The van der Waals surface area contributed by atoms with Gasteiger partial charge in [0.25, 0.3) is 0 Å². The number of nitriles is 1. The molecule has 0 saturated heterocycles. The van der Waals surface area contributed by atoms with Crippen molar-refractivity contribution in [3.63, 3.8) is 0 Å². The van der Waals surface area contributed by atoms with Crippen LogP contribution in [0.1, 0.15) is 18.0 Å². The average Bonchev–Trinajstić information content (AvgIpc) is 2.55. The molecule has 0 aromatic heterocycles. The summed E-state index contributed by atoms with van der Waals surface area (Å²) in [4.78, 5) is 0. The quantitative estimate of drug-likeness (QED) is 0.876. The third-order valence-electron chi connectivity index (χ3n) is 3.24. The first-order valence-electron chi connectivity index (χ1n) is 6.68. The molecule has 2 rings (SSSR count). The summed E-state index contributed by atoms with van der Waals surface area (Å²) < 4.78 is 10.3. The molecule has 108 valence electrons. The minimum atomic E-state index is -0.0608. The van der Waals surface area contributed by atoms with Gasteiger partial charge in [0, 0.05) is 5.69 Å². The molecule has 0 aliphatic rings. The van der Waals surface area contributed by atoms with E-state index in [9.17, 15) is 0 Å². The first-order valence-corrected chi connectivity index (χ1v) is 6.68. The van der Waals surface area contributed by atoms with E-state index in [-0.39, 0.29) is 6.04 Å². The molecular weight excluding hydrogens is 264 g/mol. The van der Waals surface area contributed by atoms with E-state index in [4.69, 9.17) is 14.7 Å². The van der Waals surface area contributed by atoms with Crippen molar-refractivity contribution in [2.24, 2.45) is 0 Å². The molecule has 2 aromatic rings. The fourth-order valence-corrected chi connectivity index (χ4v) is 2.07. The van der Waals surface area contributed by atoms with Crippen LogP contribution in [-0.4, -0.2) is 14.2 Å². The van der Waals surface area contributed by atoms with E-state index < -0.39 is 0 Å². The standard InChI is InChI=1S/C17H18N2O2/c1-20-15-7-3-13(4-8-15)17(11-12-18)19-14-5-9-16(21-2)10-6-14/h3-10,17,19H,11H2,1-2H3/t17-/m0/s1. The van der Waals surface area contributed by atoms with Gasteiger partial charge in [-0.3, -0.25) is 0 Å². The van der Waals surface area contributed by atoms with Gasteiger partial charge in [0.15, 0.2) is 0 Å². The SMILES string of the molecule is COc1ccc(N[C@@H](CC#N)c2ccc(OC)cc2)cc1. The van der Waals surface area contributed by atoms with E-state index >= 15 is 0 Å². The molecule has 0 radical (unpaired) electrons. The van der Waals surface area contributed by atoms with Crippen molar-refractivity contribution in [1.29, 1.82) is 5.26 Å². The Bertz CT molecular complexity index is 600. The summed E-state index contributed by atoms with van der Waals surface area (Å²) >= 11 is 0. The summed E-state index contributed by atoms with van der Waals surface area (Å²) in [6, 6.07) is 17.5. The van der Waals surface area contributed by atoms with Gasteiger partial charge in [-0.1, -0.05) is 12.1 Å². The van der Waals surface area contributed by atoms with Crippen molar-refractivity contribution in [2.45, 2.75) is 12.5 Å². The predicted molar refractivity (Wildman–Crippen MR) is 82.6 cm³/mol. The largest absolute Gasteiger partial charge is 0.497 e. The topological polar surface area (TPSA) is 54.3 Å². The maximum Gasteiger partial charge on any atom is 0.119 e. The van der Waals surface area contributed by atoms with Gasteiger partial charge in [0.05, 0.1) is 32.8 Å². The summed E-state index contributed by atoms with van der Waals surface area (Å²) in [5.41, 5.74) is 2.00. The highest BCUT2D eigenvalue weighted by molar-refractivity contribution is 5.48. The number of ether oxygens (including phenoxy) is 2. The predicted octanol–water partition coefficient (Wildman–Crippen LogP) is 3.77. The van der Waals surface area contributed by atoms with Crippen molar-refractivity contribution < 1.29 is 9.47 Å². The second-order valence-corrected chi connectivity index (χ2v) is 4.56. The van der Waals surface area contributed by atoms with E-state index in [0.717, 1.165) is 22.7 Å². The van der Waals surface area contributed by atoms with Gasteiger partial charge in [-0.15, -0.1) is 0 Å². The molecule has 0 spiro atoms. The Hall–Kier alpha value is -2.67. The van der Waals surface area contributed by atoms with Gasteiger partial charge >= 0.3 is 0 Å². The van der Waals surface area contributed by atoms with E-state index in [0.29, 0.717) is 6.42 Å². The minimum absolute atomic E-state index is 0.0608. The lowest BCUT2D eigenvalue weighted by Gasteiger charge is -2.18. The van der Waals surface area contributed by atoms with E-state index in [1.165, 1.54) is 0 Å². The Kier molecular flexibility index (Phi) is 5.05. The van der Waals surface area contributed by atoms with Crippen molar-refractivity contribution in [1.82, 2.24) is 0 Å². The molecule has 0 bridgehead atoms. The zero-order valence-electron chi connectivity index (χ0n) is 12.2. The second-order valence-electron chi connectivity index (χ2n) is 4.56. The molecule has 0 heterocycles. The fourth-order valence-electron chi connectivity index (χ4n) is 2.07. The lowest BCUT2D eigenvalue weighted by Crippen LogP contribution is -2.10. The van der Waals surface area contributed by atoms with Crippen molar-refractivity contribution in [3.05, 3.63) is 54.1 Å². The summed E-state index contributed by atoms with van der Waals surface area (Å²) in [6.45, 7) is 0. The summed E-state index contributed by atoms with van der Waals surface area (Å²) in [5.74, 6) is 1.61. The monoisotopic (exact) mass is 282 g/mol. The molecule has 0 fully saturated rings. The molecule has 2 aromatic carbocycles. The highest BCUT2D eigenvalue weighted by Gasteiger charge is 2.11. The van der Waals surface area contributed by atoms with Crippen LogP contribution in [0.15, 0.2) is 48.5 Å². The smallest absolute Gasteiger partial charge is 0.119 e. The van der Waals surface area contributed by atoms with Gasteiger partial charge in [0.2, 0.25) is 0 Å². The number of anilines is 1. The molecule has 0 aliphatic carbocycles.